The summed E-state index contributed by atoms with van der Waals surface area (Å²) in [5.41, 5.74) is 0.546. The molecule has 4 rings (SSSR count). The van der Waals surface area contributed by atoms with E-state index >= 15 is 0 Å². The van der Waals surface area contributed by atoms with Crippen LogP contribution in [0.5, 0.6) is 0 Å². The SMILES string of the molecule is O=C(CSc1nccn2nc(-c3cccs3)cc12)Nc1cc(C(F)(F)F)ccc1Cl. The molecule has 5 nitrogen and oxygen atoms in total. The summed E-state index contributed by atoms with van der Waals surface area (Å²) < 4.78 is 40.3. The van der Waals surface area contributed by atoms with E-state index < -0.39 is 17.6 Å². The number of nitrogens with zero attached hydrogens (tertiary/aromatic N) is 3. The van der Waals surface area contributed by atoms with Crippen molar-refractivity contribution in [1.82, 2.24) is 14.6 Å². The van der Waals surface area contributed by atoms with Crippen molar-refractivity contribution < 1.29 is 18.0 Å². The second kappa shape index (κ2) is 8.29. The normalized spacial score (nSPS) is 11.7. The number of aromatic nitrogens is 3. The molecule has 1 N–H and O–H groups in total. The minimum atomic E-state index is -4.53. The standard InChI is InChI=1S/C19H12ClF3N4OS2/c20-12-4-3-11(19(21,22)23)8-13(12)25-17(28)10-30-18-15-9-14(16-2-1-7-29-16)26-27(15)6-5-24-18/h1-9H,10H2,(H,25,28). The number of rotatable bonds is 5. The minimum absolute atomic E-state index is 0.0259. The van der Waals surface area contributed by atoms with Gasteiger partial charge < -0.3 is 5.32 Å². The number of benzene rings is 1. The van der Waals surface area contributed by atoms with E-state index in [-0.39, 0.29) is 16.5 Å². The number of carbonyl (C=O) groups excluding carboxylic acids is 1. The van der Waals surface area contributed by atoms with Gasteiger partial charge in [0.15, 0.2) is 0 Å². The number of alkyl halides is 3. The van der Waals surface area contributed by atoms with Crippen LogP contribution >= 0.6 is 34.7 Å². The monoisotopic (exact) mass is 468 g/mol. The molecule has 3 heterocycles. The number of anilines is 1. The highest BCUT2D eigenvalue weighted by Gasteiger charge is 2.31. The van der Waals surface area contributed by atoms with Gasteiger partial charge in [-0.05, 0) is 35.7 Å². The van der Waals surface area contributed by atoms with Crippen molar-refractivity contribution in [1.29, 1.82) is 0 Å². The van der Waals surface area contributed by atoms with Crippen LogP contribution in [0.3, 0.4) is 0 Å². The summed E-state index contributed by atoms with van der Waals surface area (Å²) in [6, 6.07) is 8.55. The molecule has 0 spiro atoms. The second-order valence-electron chi connectivity index (χ2n) is 6.10. The zero-order chi connectivity index (χ0) is 21.3. The largest absolute Gasteiger partial charge is 0.416 e. The molecule has 30 heavy (non-hydrogen) atoms. The van der Waals surface area contributed by atoms with Crippen molar-refractivity contribution in [3.63, 3.8) is 0 Å². The van der Waals surface area contributed by atoms with Gasteiger partial charge in [-0.1, -0.05) is 29.4 Å². The molecule has 0 fully saturated rings. The lowest BCUT2D eigenvalue weighted by atomic mass is 10.2. The Labute approximate surface area is 181 Å². The Morgan fingerprint density at radius 1 is 1.27 bits per heavy atom. The van der Waals surface area contributed by atoms with Crippen molar-refractivity contribution in [3.8, 4) is 10.6 Å². The Bertz CT molecular complexity index is 1210. The van der Waals surface area contributed by atoms with Crippen LogP contribution in [0, 0.1) is 0 Å². The number of thioether (sulfide) groups is 1. The average molecular weight is 469 g/mol. The number of hydrogen-bond acceptors (Lipinski definition) is 5. The van der Waals surface area contributed by atoms with Crippen LogP contribution in [0.15, 0.2) is 59.2 Å². The van der Waals surface area contributed by atoms with Gasteiger partial charge in [-0.25, -0.2) is 9.50 Å². The van der Waals surface area contributed by atoms with Crippen molar-refractivity contribution in [2.45, 2.75) is 11.2 Å². The van der Waals surface area contributed by atoms with Crippen molar-refractivity contribution >= 4 is 51.8 Å². The third-order valence-corrected chi connectivity index (χ3v) is 6.25. The highest BCUT2D eigenvalue weighted by molar-refractivity contribution is 8.00. The van der Waals surface area contributed by atoms with Crippen LogP contribution in [0.2, 0.25) is 5.02 Å². The van der Waals surface area contributed by atoms with Crippen LogP contribution in [0.25, 0.3) is 16.1 Å². The van der Waals surface area contributed by atoms with E-state index in [0.29, 0.717) is 5.03 Å². The van der Waals surface area contributed by atoms with Gasteiger partial charge in [-0.2, -0.15) is 18.3 Å². The predicted octanol–water partition coefficient (Wildman–Crippen LogP) is 5.86. The van der Waals surface area contributed by atoms with E-state index in [0.717, 1.165) is 46.0 Å². The summed E-state index contributed by atoms with van der Waals surface area (Å²) in [7, 11) is 0. The molecule has 11 heteroatoms. The van der Waals surface area contributed by atoms with Crippen molar-refractivity contribution in [3.05, 3.63) is 64.8 Å². The summed E-state index contributed by atoms with van der Waals surface area (Å²) in [5.74, 6) is -0.554. The Balaban J connectivity index is 1.49. The molecule has 0 radical (unpaired) electrons. The third-order valence-electron chi connectivity index (χ3n) is 4.04. The van der Waals surface area contributed by atoms with E-state index in [1.54, 1.807) is 28.2 Å². The minimum Gasteiger partial charge on any atom is -0.324 e. The smallest absolute Gasteiger partial charge is 0.324 e. The second-order valence-corrected chi connectivity index (χ2v) is 8.42. The van der Waals surface area contributed by atoms with E-state index in [1.165, 1.54) is 0 Å². The van der Waals surface area contributed by atoms with Gasteiger partial charge in [0.25, 0.3) is 0 Å². The lowest BCUT2D eigenvalue weighted by molar-refractivity contribution is -0.137. The van der Waals surface area contributed by atoms with Crippen LogP contribution in [0.4, 0.5) is 18.9 Å². The molecule has 0 saturated carbocycles. The number of carbonyl (C=O) groups is 1. The summed E-state index contributed by atoms with van der Waals surface area (Å²) in [4.78, 5) is 17.6. The number of thiophene rings is 1. The molecule has 154 valence electrons. The van der Waals surface area contributed by atoms with Gasteiger partial charge in [0.05, 0.1) is 32.4 Å². The average Bonchev–Trinajstić information content (AvgIpc) is 3.36. The number of amides is 1. The Hall–Kier alpha value is -2.56. The van der Waals surface area contributed by atoms with E-state index in [9.17, 15) is 18.0 Å². The number of fused-ring (bicyclic) bond motifs is 1. The molecule has 0 aliphatic carbocycles. The van der Waals surface area contributed by atoms with E-state index in [2.05, 4.69) is 15.4 Å². The van der Waals surface area contributed by atoms with Crippen LogP contribution in [-0.4, -0.2) is 26.3 Å². The fourth-order valence-corrected chi connectivity index (χ4v) is 4.29. The van der Waals surface area contributed by atoms with E-state index in [4.69, 9.17) is 11.6 Å². The van der Waals surface area contributed by atoms with Crippen molar-refractivity contribution in [2.24, 2.45) is 0 Å². The molecule has 4 aromatic rings. The molecule has 0 bridgehead atoms. The first-order chi connectivity index (χ1) is 14.3. The molecule has 1 amide bonds. The molecular formula is C19H12ClF3N4OS2. The maximum absolute atomic E-state index is 12.9. The summed E-state index contributed by atoms with van der Waals surface area (Å²) in [6.07, 6.45) is -1.25. The summed E-state index contributed by atoms with van der Waals surface area (Å²) in [6.45, 7) is 0. The van der Waals surface area contributed by atoms with E-state index in [1.807, 2.05) is 23.6 Å². The molecule has 0 aliphatic heterocycles. The predicted molar refractivity (Wildman–Crippen MR) is 112 cm³/mol. The maximum atomic E-state index is 12.9. The quantitative estimate of drug-likeness (QED) is 0.373. The molecule has 0 unspecified atom stereocenters. The third kappa shape index (κ3) is 4.45. The molecule has 0 saturated heterocycles. The lowest BCUT2D eigenvalue weighted by Gasteiger charge is -2.11. The Kier molecular flexibility index (Phi) is 5.72. The van der Waals surface area contributed by atoms with Crippen LogP contribution in [-0.2, 0) is 11.0 Å². The molecule has 0 aliphatic rings. The van der Waals surface area contributed by atoms with Crippen molar-refractivity contribution in [2.75, 3.05) is 11.1 Å². The lowest BCUT2D eigenvalue weighted by Crippen LogP contribution is -2.15. The highest BCUT2D eigenvalue weighted by atomic mass is 35.5. The Morgan fingerprint density at radius 3 is 2.83 bits per heavy atom. The van der Waals surface area contributed by atoms with Gasteiger partial charge in [0.1, 0.15) is 10.7 Å². The first-order valence-corrected chi connectivity index (χ1v) is 10.7. The fourth-order valence-electron chi connectivity index (χ4n) is 2.67. The summed E-state index contributed by atoms with van der Waals surface area (Å²) >= 11 is 8.64. The molecule has 0 atom stereocenters. The zero-order valence-corrected chi connectivity index (χ0v) is 17.4. The van der Waals surface area contributed by atoms with Gasteiger partial charge in [-0.3, -0.25) is 4.79 Å². The van der Waals surface area contributed by atoms with Gasteiger partial charge in [0.2, 0.25) is 5.91 Å². The molecule has 3 aromatic heterocycles. The number of halogens is 4. The fraction of sp³-hybridized carbons (Fsp3) is 0.105. The van der Waals surface area contributed by atoms with Gasteiger partial charge in [-0.15, -0.1) is 11.3 Å². The highest BCUT2D eigenvalue weighted by Crippen LogP contribution is 2.34. The maximum Gasteiger partial charge on any atom is 0.416 e. The molecular weight excluding hydrogens is 457 g/mol. The van der Waals surface area contributed by atoms with Crippen LogP contribution < -0.4 is 5.32 Å². The number of nitrogens with one attached hydrogen (secondary N) is 1. The van der Waals surface area contributed by atoms with Crippen LogP contribution in [0.1, 0.15) is 5.56 Å². The first kappa shape index (κ1) is 20.7. The Morgan fingerprint density at radius 2 is 2.10 bits per heavy atom. The molecule has 1 aromatic carbocycles. The summed E-state index contributed by atoms with van der Waals surface area (Å²) in [5, 5.41) is 9.49. The van der Waals surface area contributed by atoms with Gasteiger partial charge >= 0.3 is 6.18 Å². The van der Waals surface area contributed by atoms with Gasteiger partial charge in [0, 0.05) is 12.4 Å². The topological polar surface area (TPSA) is 59.3 Å². The zero-order valence-electron chi connectivity index (χ0n) is 15.0. The number of hydrogen-bond donors (Lipinski definition) is 1. The first-order valence-electron chi connectivity index (χ1n) is 8.49.